The lowest BCUT2D eigenvalue weighted by Crippen LogP contribution is -2.67. The Bertz CT molecular complexity index is 2570. The number of carbonyl (C=O) groups is 2. The van der Waals surface area contributed by atoms with Gasteiger partial charge >= 0.3 is 11.9 Å². The van der Waals surface area contributed by atoms with Crippen molar-refractivity contribution < 1.29 is 47.9 Å². The molecule has 1 aromatic heterocycles. The van der Waals surface area contributed by atoms with E-state index in [0.29, 0.717) is 70.4 Å². The Morgan fingerprint density at radius 2 is 1.93 bits per heavy atom. The minimum absolute atomic E-state index is 0.0531. The van der Waals surface area contributed by atoms with Crippen LogP contribution in [0.3, 0.4) is 0 Å². The highest BCUT2D eigenvalue weighted by atomic mass is 32.2. The maximum Gasteiger partial charge on any atom is 0.335 e. The Morgan fingerprint density at radius 3 is 2.69 bits per heavy atom. The number of esters is 2. The number of aryl methyl sites for hydroxylation is 1. The van der Waals surface area contributed by atoms with Crippen LogP contribution in [0.25, 0.3) is 11.0 Å². The standard InChI is InChI=1S/C43H42N4O10S/c1-19-10-25-28(33(50)34(19)52-5)31-32-38-30-29(37-36(54-18-55-37)20(2)35(30)56-21(3)49)26(47(32)42(15-44)14-41(25,4)46(31)16-42)13-53-40(51)43(17-58-38)39-24(11-22(12-48)45-43)23-8-6-7-9-27(23)57-39/h6-10,22,26,31-32,38,45,48,50H,11-14,16-18H2,1-5H3/t22-,26-,31+,32+,38+,41?,42-,43+/m0/s1. The van der Waals surface area contributed by atoms with Crippen molar-refractivity contribution in [1.82, 2.24) is 15.1 Å². The molecule has 4 aromatic rings. The summed E-state index contributed by atoms with van der Waals surface area (Å²) in [4.78, 5) is 32.7. The van der Waals surface area contributed by atoms with Crippen LogP contribution in [0.15, 0.2) is 34.7 Å². The van der Waals surface area contributed by atoms with Crippen molar-refractivity contribution in [1.29, 1.82) is 5.26 Å². The van der Waals surface area contributed by atoms with E-state index in [2.05, 4.69) is 34.2 Å². The molecule has 300 valence electrons. The molecule has 0 amide bonds. The van der Waals surface area contributed by atoms with Crippen molar-refractivity contribution in [2.75, 3.05) is 39.4 Å². The minimum atomic E-state index is -1.54. The normalized spacial score (nSPS) is 32.6. The van der Waals surface area contributed by atoms with E-state index in [1.54, 1.807) is 7.11 Å². The number of rotatable bonds is 3. The van der Waals surface area contributed by atoms with Gasteiger partial charge in [0.05, 0.1) is 37.1 Å². The van der Waals surface area contributed by atoms with E-state index in [1.807, 2.05) is 38.1 Å². The van der Waals surface area contributed by atoms with E-state index >= 15 is 4.79 Å². The first kappa shape index (κ1) is 36.1. The van der Waals surface area contributed by atoms with Crippen LogP contribution in [0.4, 0.5) is 0 Å². The van der Waals surface area contributed by atoms with Gasteiger partial charge in [0.2, 0.25) is 6.79 Å². The van der Waals surface area contributed by atoms with Crippen molar-refractivity contribution >= 4 is 34.7 Å². The second-order valence-corrected chi connectivity index (χ2v) is 18.1. The van der Waals surface area contributed by atoms with E-state index in [1.165, 1.54) is 18.7 Å². The number of phenolic OH excluding ortho intramolecular Hbond substituents is 1. The third-order valence-electron chi connectivity index (χ3n) is 13.9. The number of para-hydroxylation sites is 1. The Balaban J connectivity index is 1.20. The molecule has 0 radical (unpaired) electrons. The number of fused-ring (bicyclic) bond motifs is 11. The lowest BCUT2D eigenvalue weighted by Gasteiger charge is -2.58. The number of phenols is 1. The first-order valence-corrected chi connectivity index (χ1v) is 20.7. The number of hydrogen-bond donors (Lipinski definition) is 3. The summed E-state index contributed by atoms with van der Waals surface area (Å²) >= 11 is 1.46. The summed E-state index contributed by atoms with van der Waals surface area (Å²) in [5.74, 6) is 1.07. The summed E-state index contributed by atoms with van der Waals surface area (Å²) in [7, 11) is 1.55. The average molecular weight is 807 g/mol. The highest BCUT2D eigenvalue weighted by molar-refractivity contribution is 7.99. The van der Waals surface area contributed by atoms with Gasteiger partial charge in [0.1, 0.15) is 29.2 Å². The van der Waals surface area contributed by atoms with E-state index in [4.69, 9.17) is 28.1 Å². The van der Waals surface area contributed by atoms with Gasteiger partial charge in [0.15, 0.2) is 28.5 Å². The predicted octanol–water partition coefficient (Wildman–Crippen LogP) is 4.83. The molecule has 3 N–H and O–H groups in total. The fourth-order valence-electron chi connectivity index (χ4n) is 11.8. The molecule has 8 aliphatic rings. The number of nitrogens with one attached hydrogen (secondary N) is 1. The zero-order valence-corrected chi connectivity index (χ0v) is 33.5. The number of aliphatic hydroxyl groups is 1. The second kappa shape index (κ2) is 12.0. The largest absolute Gasteiger partial charge is 0.504 e. The minimum Gasteiger partial charge on any atom is -0.504 e. The van der Waals surface area contributed by atoms with Crippen molar-refractivity contribution in [2.45, 2.75) is 86.6 Å². The average Bonchev–Trinajstić information content (AvgIpc) is 3.96. The smallest absolute Gasteiger partial charge is 0.335 e. The fourth-order valence-corrected chi connectivity index (χ4v) is 13.5. The number of carbonyl (C=O) groups excluding carboxylic acids is 2. The van der Waals surface area contributed by atoms with Gasteiger partial charge in [-0.15, -0.1) is 11.8 Å². The van der Waals surface area contributed by atoms with Gasteiger partial charge in [-0.1, -0.05) is 18.2 Å². The third-order valence-corrected chi connectivity index (χ3v) is 15.4. The highest BCUT2D eigenvalue weighted by Crippen LogP contribution is 2.71. The zero-order valence-electron chi connectivity index (χ0n) is 32.6. The number of ether oxygens (including phenoxy) is 5. The molecule has 1 unspecified atom stereocenters. The summed E-state index contributed by atoms with van der Waals surface area (Å²) in [5, 5.41) is 38.1. The molecule has 12 rings (SSSR count). The van der Waals surface area contributed by atoms with Crippen LogP contribution < -0.4 is 24.3 Å². The number of hydrogen-bond acceptors (Lipinski definition) is 15. The summed E-state index contributed by atoms with van der Waals surface area (Å²) in [6, 6.07) is 10.2. The number of methoxy groups -OCH3 is 1. The summed E-state index contributed by atoms with van der Waals surface area (Å²) in [5.41, 5.74) is 2.57. The monoisotopic (exact) mass is 806 g/mol. The number of piperazine rings is 1. The van der Waals surface area contributed by atoms with Gasteiger partial charge < -0.3 is 38.3 Å². The van der Waals surface area contributed by atoms with Gasteiger partial charge in [0.25, 0.3) is 0 Å². The molecule has 14 nitrogen and oxygen atoms in total. The van der Waals surface area contributed by atoms with E-state index in [9.17, 15) is 20.3 Å². The predicted molar refractivity (Wildman–Crippen MR) is 208 cm³/mol. The molecule has 1 spiro atoms. The molecule has 0 saturated carbocycles. The van der Waals surface area contributed by atoms with Crippen LogP contribution >= 0.6 is 11.8 Å². The highest BCUT2D eigenvalue weighted by Gasteiger charge is 2.72. The molecule has 3 fully saturated rings. The molecule has 15 heteroatoms. The molecule has 58 heavy (non-hydrogen) atoms. The van der Waals surface area contributed by atoms with Gasteiger partial charge in [-0.2, -0.15) is 5.26 Å². The number of nitriles is 1. The number of thioether (sulfide) groups is 1. The van der Waals surface area contributed by atoms with E-state index in [0.717, 1.165) is 27.6 Å². The molecule has 3 aromatic carbocycles. The van der Waals surface area contributed by atoms with E-state index in [-0.39, 0.29) is 31.5 Å². The Hall–Kier alpha value is -4.98. The van der Waals surface area contributed by atoms with Gasteiger partial charge in [-0.25, -0.2) is 4.79 Å². The molecule has 9 heterocycles. The molecular weight excluding hydrogens is 765 g/mol. The molecule has 4 bridgehead atoms. The van der Waals surface area contributed by atoms with Crippen LogP contribution in [0.5, 0.6) is 28.7 Å². The Morgan fingerprint density at radius 1 is 1.14 bits per heavy atom. The maximum absolute atomic E-state index is 15.1. The number of aromatic hydroxyl groups is 1. The second-order valence-electron chi connectivity index (χ2n) is 16.9. The van der Waals surface area contributed by atoms with Crippen LogP contribution in [-0.2, 0) is 31.8 Å². The summed E-state index contributed by atoms with van der Waals surface area (Å²) in [6.07, 6.45) is 0.845. The maximum atomic E-state index is 15.1. The molecule has 0 aliphatic carbocycles. The molecular formula is C43H42N4O10S. The van der Waals surface area contributed by atoms with Crippen molar-refractivity contribution in [3.63, 3.8) is 0 Å². The van der Waals surface area contributed by atoms with Crippen LogP contribution in [-0.4, -0.2) is 89.0 Å². The topological polar surface area (TPSA) is 176 Å². The van der Waals surface area contributed by atoms with Crippen molar-refractivity contribution in [3.8, 4) is 34.8 Å². The number of benzene rings is 3. The molecule has 3 saturated heterocycles. The zero-order chi connectivity index (χ0) is 40.2. The lowest BCUT2D eigenvalue weighted by molar-refractivity contribution is -0.158. The summed E-state index contributed by atoms with van der Waals surface area (Å²) in [6.45, 7) is 7.10. The van der Waals surface area contributed by atoms with Crippen LogP contribution in [0.1, 0.15) is 82.3 Å². The van der Waals surface area contributed by atoms with E-state index < -0.39 is 58.0 Å². The van der Waals surface area contributed by atoms with Gasteiger partial charge in [-0.05, 0) is 50.5 Å². The quantitative estimate of drug-likeness (QED) is 0.190. The Kier molecular flexibility index (Phi) is 7.50. The molecule has 8 atom stereocenters. The molecule has 8 aliphatic heterocycles. The third kappa shape index (κ3) is 4.31. The number of aliphatic hydroxyl groups excluding tert-OH is 1. The van der Waals surface area contributed by atoms with Crippen LogP contribution in [0.2, 0.25) is 0 Å². The summed E-state index contributed by atoms with van der Waals surface area (Å²) < 4.78 is 37.5. The number of nitrogens with zero attached hydrogens (tertiary/aromatic N) is 3. The van der Waals surface area contributed by atoms with Crippen molar-refractivity contribution in [2.24, 2.45) is 0 Å². The lowest BCUT2D eigenvalue weighted by atomic mass is 9.72. The van der Waals surface area contributed by atoms with Crippen molar-refractivity contribution in [3.05, 3.63) is 75.0 Å². The van der Waals surface area contributed by atoms with Gasteiger partial charge in [0, 0.05) is 76.5 Å². The van der Waals surface area contributed by atoms with Gasteiger partial charge in [-0.3, -0.25) is 19.9 Å². The van der Waals surface area contributed by atoms with Crippen LogP contribution in [0, 0.1) is 25.2 Å². The Labute approximate surface area is 337 Å². The SMILES string of the molecule is COc1c(C)cc2c(c1O)[C@@H]1[C@@H]3[C@@H]4SC[C@]5(N[C@H](CO)Cc6c5oc5ccccc65)C(=O)OC[C@@H](c5c6c(c(C)c(OC(C)=O)c54)OCO6)N3[C@@]3(C#N)CN1C2(C)C3. The fraction of sp³-hybridized carbons (Fsp3) is 0.465. The first-order chi connectivity index (χ1) is 27.9. The first-order valence-electron chi connectivity index (χ1n) is 19.6. The number of furan rings is 1.